The van der Waals surface area contributed by atoms with Gasteiger partial charge in [-0.1, -0.05) is 12.1 Å². The van der Waals surface area contributed by atoms with E-state index in [1.807, 2.05) is 12.1 Å². The van der Waals surface area contributed by atoms with Crippen molar-refractivity contribution < 1.29 is 14.6 Å². The third-order valence-corrected chi connectivity index (χ3v) is 4.61. The van der Waals surface area contributed by atoms with Gasteiger partial charge in [-0.05, 0) is 54.5 Å². The fourth-order valence-electron chi connectivity index (χ4n) is 3.38. The van der Waals surface area contributed by atoms with E-state index in [9.17, 15) is 5.11 Å². The van der Waals surface area contributed by atoms with Gasteiger partial charge in [0.25, 0.3) is 0 Å². The van der Waals surface area contributed by atoms with Crippen molar-refractivity contribution in [3.8, 4) is 5.75 Å². The minimum atomic E-state index is -0.807. The normalized spacial score (nSPS) is 24.5. The highest BCUT2D eigenvalue weighted by Gasteiger charge is 2.34. The van der Waals surface area contributed by atoms with Crippen molar-refractivity contribution in [3.63, 3.8) is 0 Å². The SMILES string of the molecule is COc1ccc2c(c1)C(O)(CNCC1=CCCOC1)CCC2. The predicted molar refractivity (Wildman–Crippen MR) is 86.2 cm³/mol. The lowest BCUT2D eigenvalue weighted by atomic mass is 9.79. The van der Waals surface area contributed by atoms with Crippen molar-refractivity contribution in [3.05, 3.63) is 41.0 Å². The third kappa shape index (κ3) is 3.35. The number of rotatable bonds is 5. The number of benzene rings is 1. The monoisotopic (exact) mass is 303 g/mol. The molecule has 1 aromatic carbocycles. The fourth-order valence-corrected chi connectivity index (χ4v) is 3.38. The standard InChI is InChI=1S/C18H25NO3/c1-21-16-7-6-15-5-2-8-18(20,17(15)10-16)13-19-11-14-4-3-9-22-12-14/h4,6-7,10,19-20H,2-3,5,8-9,11-13H2,1H3. The molecule has 1 unspecified atom stereocenters. The second kappa shape index (κ2) is 6.82. The summed E-state index contributed by atoms with van der Waals surface area (Å²) < 4.78 is 10.8. The van der Waals surface area contributed by atoms with Crippen molar-refractivity contribution in [2.45, 2.75) is 31.3 Å². The molecule has 0 bridgehead atoms. The van der Waals surface area contributed by atoms with E-state index in [0.29, 0.717) is 13.2 Å². The summed E-state index contributed by atoms with van der Waals surface area (Å²) in [5.74, 6) is 0.808. The van der Waals surface area contributed by atoms with Gasteiger partial charge in [-0.15, -0.1) is 0 Å². The highest BCUT2D eigenvalue weighted by molar-refractivity contribution is 5.41. The molecule has 2 aliphatic rings. The quantitative estimate of drug-likeness (QED) is 0.819. The van der Waals surface area contributed by atoms with E-state index < -0.39 is 5.60 Å². The number of aryl methyl sites for hydroxylation is 1. The molecule has 1 atom stereocenters. The van der Waals surface area contributed by atoms with E-state index in [1.165, 1.54) is 11.1 Å². The van der Waals surface area contributed by atoms with Crippen LogP contribution in [0.25, 0.3) is 0 Å². The Hall–Kier alpha value is -1.36. The molecule has 1 aliphatic carbocycles. The van der Waals surface area contributed by atoms with Crippen LogP contribution in [0.1, 0.15) is 30.4 Å². The number of fused-ring (bicyclic) bond motifs is 1. The molecule has 1 heterocycles. The molecule has 0 amide bonds. The maximum atomic E-state index is 11.1. The average Bonchev–Trinajstić information content (AvgIpc) is 2.56. The molecule has 2 N–H and O–H groups in total. The highest BCUT2D eigenvalue weighted by atomic mass is 16.5. The largest absolute Gasteiger partial charge is 0.497 e. The molecule has 0 aromatic heterocycles. The Bertz CT molecular complexity index is 555. The van der Waals surface area contributed by atoms with E-state index in [2.05, 4.69) is 17.5 Å². The minimum absolute atomic E-state index is 0.560. The summed E-state index contributed by atoms with van der Waals surface area (Å²) in [6, 6.07) is 6.04. The summed E-state index contributed by atoms with van der Waals surface area (Å²) in [6.45, 7) is 2.86. The van der Waals surface area contributed by atoms with Crippen molar-refractivity contribution >= 4 is 0 Å². The van der Waals surface area contributed by atoms with Crippen molar-refractivity contribution in [2.24, 2.45) is 0 Å². The van der Waals surface area contributed by atoms with Gasteiger partial charge in [0.1, 0.15) is 11.4 Å². The second-order valence-corrected chi connectivity index (χ2v) is 6.22. The Kier molecular flexibility index (Phi) is 4.81. The first-order valence-corrected chi connectivity index (χ1v) is 8.07. The van der Waals surface area contributed by atoms with Gasteiger partial charge in [0.05, 0.1) is 20.3 Å². The van der Waals surface area contributed by atoms with Crippen LogP contribution in [0.15, 0.2) is 29.8 Å². The summed E-state index contributed by atoms with van der Waals surface area (Å²) in [5, 5.41) is 14.5. The number of ether oxygens (including phenoxy) is 2. The topological polar surface area (TPSA) is 50.7 Å². The number of hydrogen-bond donors (Lipinski definition) is 2. The molecule has 1 aromatic rings. The Balaban J connectivity index is 1.69. The Morgan fingerprint density at radius 2 is 2.32 bits per heavy atom. The van der Waals surface area contributed by atoms with Crippen LogP contribution in [-0.2, 0) is 16.8 Å². The van der Waals surface area contributed by atoms with Crippen molar-refractivity contribution in [2.75, 3.05) is 33.4 Å². The molecule has 0 spiro atoms. The number of nitrogens with one attached hydrogen (secondary N) is 1. The first-order chi connectivity index (χ1) is 10.7. The molecule has 3 rings (SSSR count). The number of methoxy groups -OCH3 is 1. The van der Waals surface area contributed by atoms with E-state index in [-0.39, 0.29) is 0 Å². The summed E-state index contributed by atoms with van der Waals surface area (Å²) in [7, 11) is 1.66. The maximum Gasteiger partial charge on any atom is 0.119 e. The predicted octanol–water partition coefficient (Wildman–Crippen LogP) is 2.16. The zero-order valence-electron chi connectivity index (χ0n) is 13.2. The lowest BCUT2D eigenvalue weighted by Crippen LogP contribution is -2.41. The van der Waals surface area contributed by atoms with E-state index >= 15 is 0 Å². The van der Waals surface area contributed by atoms with Crippen LogP contribution in [0.2, 0.25) is 0 Å². The molecule has 0 fully saturated rings. The molecule has 1 aliphatic heterocycles. The number of hydrogen-bond acceptors (Lipinski definition) is 4. The molecular weight excluding hydrogens is 278 g/mol. The average molecular weight is 303 g/mol. The molecule has 0 saturated carbocycles. The van der Waals surface area contributed by atoms with Crippen LogP contribution in [0, 0.1) is 0 Å². The van der Waals surface area contributed by atoms with Gasteiger partial charge in [0.15, 0.2) is 0 Å². The van der Waals surface area contributed by atoms with E-state index in [4.69, 9.17) is 9.47 Å². The zero-order valence-corrected chi connectivity index (χ0v) is 13.2. The van der Waals surface area contributed by atoms with Gasteiger partial charge < -0.3 is 19.9 Å². The molecular formula is C18H25NO3. The van der Waals surface area contributed by atoms with Crippen LogP contribution in [0.5, 0.6) is 5.75 Å². The van der Waals surface area contributed by atoms with Gasteiger partial charge >= 0.3 is 0 Å². The van der Waals surface area contributed by atoms with Crippen LogP contribution >= 0.6 is 0 Å². The Labute approximate surface area is 132 Å². The fraction of sp³-hybridized carbons (Fsp3) is 0.556. The lowest BCUT2D eigenvalue weighted by Gasteiger charge is -2.35. The van der Waals surface area contributed by atoms with Crippen LogP contribution in [0.4, 0.5) is 0 Å². The summed E-state index contributed by atoms with van der Waals surface area (Å²) in [4.78, 5) is 0. The number of aliphatic hydroxyl groups is 1. The van der Waals surface area contributed by atoms with E-state index in [0.717, 1.165) is 50.1 Å². The first-order valence-electron chi connectivity index (χ1n) is 8.07. The Morgan fingerprint density at radius 1 is 1.41 bits per heavy atom. The highest BCUT2D eigenvalue weighted by Crippen LogP contribution is 2.36. The minimum Gasteiger partial charge on any atom is -0.497 e. The molecule has 4 nitrogen and oxygen atoms in total. The van der Waals surface area contributed by atoms with E-state index in [1.54, 1.807) is 7.11 Å². The van der Waals surface area contributed by atoms with Gasteiger partial charge in [-0.2, -0.15) is 0 Å². The van der Waals surface area contributed by atoms with Crippen LogP contribution < -0.4 is 10.1 Å². The van der Waals surface area contributed by atoms with Crippen LogP contribution in [-0.4, -0.2) is 38.5 Å². The summed E-state index contributed by atoms with van der Waals surface area (Å²) >= 11 is 0. The maximum absolute atomic E-state index is 11.1. The smallest absolute Gasteiger partial charge is 0.119 e. The summed E-state index contributed by atoms with van der Waals surface area (Å²) in [5.41, 5.74) is 2.71. The molecule has 120 valence electrons. The summed E-state index contributed by atoms with van der Waals surface area (Å²) in [6.07, 6.45) is 6.05. The molecule has 22 heavy (non-hydrogen) atoms. The first kappa shape index (κ1) is 15.5. The van der Waals surface area contributed by atoms with Crippen molar-refractivity contribution in [1.29, 1.82) is 0 Å². The van der Waals surface area contributed by atoms with Crippen molar-refractivity contribution in [1.82, 2.24) is 5.32 Å². The molecule has 0 saturated heterocycles. The van der Waals surface area contributed by atoms with Gasteiger partial charge in [0, 0.05) is 13.1 Å². The van der Waals surface area contributed by atoms with Gasteiger partial charge in [0.2, 0.25) is 0 Å². The lowest BCUT2D eigenvalue weighted by molar-refractivity contribution is 0.0194. The zero-order chi connectivity index (χ0) is 15.4. The molecule has 4 heteroatoms. The van der Waals surface area contributed by atoms with Gasteiger partial charge in [-0.25, -0.2) is 0 Å². The van der Waals surface area contributed by atoms with Crippen LogP contribution in [0.3, 0.4) is 0 Å². The Morgan fingerprint density at radius 3 is 3.09 bits per heavy atom. The second-order valence-electron chi connectivity index (χ2n) is 6.22. The molecule has 0 radical (unpaired) electrons. The third-order valence-electron chi connectivity index (χ3n) is 4.61. The van der Waals surface area contributed by atoms with Gasteiger partial charge in [-0.3, -0.25) is 0 Å².